The predicted molar refractivity (Wildman–Crippen MR) is 100 cm³/mol. The molecule has 1 amide bonds. The number of ether oxygens (including phenoxy) is 5. The zero-order valence-electron chi connectivity index (χ0n) is 16.8. The quantitative estimate of drug-likeness (QED) is 0.345. The molecule has 1 unspecified atom stereocenters. The lowest BCUT2D eigenvalue weighted by atomic mass is 10.1. The van der Waals surface area contributed by atoms with Crippen molar-refractivity contribution < 1.29 is 38.1 Å². The van der Waals surface area contributed by atoms with Gasteiger partial charge in [0.05, 0.1) is 30.6 Å². The zero-order valence-corrected chi connectivity index (χ0v) is 16.8. The molecule has 0 heterocycles. The van der Waals surface area contributed by atoms with Crippen molar-refractivity contribution >= 4 is 24.2 Å². The molecule has 0 fully saturated rings. The highest BCUT2D eigenvalue weighted by Gasteiger charge is 2.21. The third kappa shape index (κ3) is 7.83. The first-order valence-corrected chi connectivity index (χ1v) is 8.79. The fourth-order valence-corrected chi connectivity index (χ4v) is 2.26. The maximum Gasteiger partial charge on any atom is 0.511 e. The van der Waals surface area contributed by atoms with E-state index in [4.69, 9.17) is 23.7 Å². The molecule has 0 bridgehead atoms. The van der Waals surface area contributed by atoms with Crippen LogP contribution in [0.5, 0.6) is 5.75 Å². The molecule has 28 heavy (non-hydrogen) atoms. The maximum atomic E-state index is 12.2. The van der Waals surface area contributed by atoms with E-state index in [0.717, 1.165) is 0 Å². The summed E-state index contributed by atoms with van der Waals surface area (Å²) in [7, 11) is 1.40. The van der Waals surface area contributed by atoms with Crippen LogP contribution in [0.4, 0.5) is 10.5 Å². The number of esters is 1. The van der Waals surface area contributed by atoms with Gasteiger partial charge < -0.3 is 29.0 Å². The molecule has 1 rings (SSSR count). The van der Waals surface area contributed by atoms with E-state index in [-0.39, 0.29) is 17.9 Å². The molecule has 9 heteroatoms. The molecule has 0 spiro atoms. The van der Waals surface area contributed by atoms with Gasteiger partial charge in [0.1, 0.15) is 5.75 Å². The minimum atomic E-state index is -1.15. The summed E-state index contributed by atoms with van der Waals surface area (Å²) in [6.45, 7) is 7.72. The Morgan fingerprint density at radius 3 is 2.57 bits per heavy atom. The predicted octanol–water partition coefficient (Wildman–Crippen LogP) is 3.12. The standard InChI is InChI=1S/C19H27NO8/c1-6-26-19(3,4)9-10-25-18(23)28-13(2)27-17(22)14-7-8-15(20-12-21)16(11-14)24-5/h7-8,11-13H,6,9-10H2,1-5H3,(H,20,21). The summed E-state index contributed by atoms with van der Waals surface area (Å²) < 4.78 is 25.5. The lowest BCUT2D eigenvalue weighted by molar-refractivity contribution is -0.105. The first-order valence-electron chi connectivity index (χ1n) is 8.79. The van der Waals surface area contributed by atoms with Crippen LogP contribution in [-0.4, -0.2) is 50.7 Å². The normalized spacial score (nSPS) is 11.9. The van der Waals surface area contributed by atoms with E-state index in [0.29, 0.717) is 25.1 Å². The fraction of sp³-hybridized carbons (Fsp3) is 0.526. The van der Waals surface area contributed by atoms with E-state index < -0.39 is 24.0 Å². The van der Waals surface area contributed by atoms with Crippen LogP contribution in [-0.2, 0) is 23.7 Å². The van der Waals surface area contributed by atoms with Gasteiger partial charge in [-0.1, -0.05) is 0 Å². The van der Waals surface area contributed by atoms with E-state index in [9.17, 15) is 14.4 Å². The van der Waals surface area contributed by atoms with Crippen molar-refractivity contribution in [2.75, 3.05) is 25.6 Å². The van der Waals surface area contributed by atoms with Crippen molar-refractivity contribution in [3.63, 3.8) is 0 Å². The Labute approximate surface area is 164 Å². The molecular formula is C19H27NO8. The van der Waals surface area contributed by atoms with E-state index in [1.54, 1.807) is 0 Å². The molecule has 1 atom stereocenters. The van der Waals surface area contributed by atoms with E-state index >= 15 is 0 Å². The Morgan fingerprint density at radius 1 is 1.25 bits per heavy atom. The van der Waals surface area contributed by atoms with Crippen LogP contribution in [0.3, 0.4) is 0 Å². The van der Waals surface area contributed by atoms with Gasteiger partial charge in [-0.2, -0.15) is 0 Å². The monoisotopic (exact) mass is 397 g/mol. The molecule has 0 saturated heterocycles. The van der Waals surface area contributed by atoms with Gasteiger partial charge in [-0.3, -0.25) is 4.79 Å². The van der Waals surface area contributed by atoms with Crippen molar-refractivity contribution in [2.24, 2.45) is 0 Å². The molecule has 0 aliphatic rings. The number of hydrogen-bond donors (Lipinski definition) is 1. The lowest BCUT2D eigenvalue weighted by Gasteiger charge is -2.24. The Morgan fingerprint density at radius 2 is 1.96 bits per heavy atom. The molecule has 1 aromatic rings. The van der Waals surface area contributed by atoms with Gasteiger partial charge in [-0.15, -0.1) is 0 Å². The smallest absolute Gasteiger partial charge is 0.495 e. The third-order valence-electron chi connectivity index (χ3n) is 3.65. The maximum absolute atomic E-state index is 12.2. The van der Waals surface area contributed by atoms with Gasteiger partial charge in [0.25, 0.3) is 0 Å². The minimum absolute atomic E-state index is 0.106. The average molecular weight is 397 g/mol. The molecule has 0 aromatic heterocycles. The lowest BCUT2D eigenvalue weighted by Crippen LogP contribution is -2.28. The number of amides is 1. The molecule has 0 aliphatic heterocycles. The molecular weight excluding hydrogens is 370 g/mol. The van der Waals surface area contributed by atoms with Crippen molar-refractivity contribution in [3.05, 3.63) is 23.8 Å². The van der Waals surface area contributed by atoms with E-state index in [1.807, 2.05) is 20.8 Å². The van der Waals surface area contributed by atoms with E-state index in [2.05, 4.69) is 5.32 Å². The number of rotatable bonds is 11. The number of methoxy groups -OCH3 is 1. The molecule has 0 radical (unpaired) electrons. The minimum Gasteiger partial charge on any atom is -0.495 e. The second-order valence-corrected chi connectivity index (χ2v) is 6.31. The van der Waals surface area contributed by atoms with Gasteiger partial charge in [0, 0.05) is 20.0 Å². The van der Waals surface area contributed by atoms with Gasteiger partial charge >= 0.3 is 12.1 Å². The number of nitrogens with one attached hydrogen (secondary N) is 1. The second-order valence-electron chi connectivity index (χ2n) is 6.31. The second kappa shape index (κ2) is 11.1. The first kappa shape index (κ1) is 23.2. The molecule has 1 N–H and O–H groups in total. The molecule has 9 nitrogen and oxygen atoms in total. The highest BCUT2D eigenvalue weighted by Crippen LogP contribution is 2.25. The summed E-state index contributed by atoms with van der Waals surface area (Å²) >= 11 is 0. The topological polar surface area (TPSA) is 109 Å². The number of hydrogen-bond acceptors (Lipinski definition) is 8. The summed E-state index contributed by atoms with van der Waals surface area (Å²) in [4.78, 5) is 34.4. The molecule has 1 aromatic carbocycles. The average Bonchev–Trinajstić information content (AvgIpc) is 2.61. The van der Waals surface area contributed by atoms with Crippen LogP contribution >= 0.6 is 0 Å². The fourth-order valence-electron chi connectivity index (χ4n) is 2.26. The van der Waals surface area contributed by atoms with Crippen molar-refractivity contribution in [1.29, 1.82) is 0 Å². The van der Waals surface area contributed by atoms with Crippen LogP contribution in [0.1, 0.15) is 44.5 Å². The Hall–Kier alpha value is -2.81. The number of carbonyl (C=O) groups is 3. The van der Waals surface area contributed by atoms with Crippen molar-refractivity contribution in [2.45, 2.75) is 46.0 Å². The summed E-state index contributed by atoms with van der Waals surface area (Å²) in [5, 5.41) is 2.45. The van der Waals surface area contributed by atoms with Crippen LogP contribution < -0.4 is 10.1 Å². The third-order valence-corrected chi connectivity index (χ3v) is 3.65. The summed E-state index contributed by atoms with van der Waals surface area (Å²) in [5.74, 6) is -0.444. The highest BCUT2D eigenvalue weighted by molar-refractivity contribution is 5.91. The van der Waals surface area contributed by atoms with Crippen LogP contribution in [0, 0.1) is 0 Å². The van der Waals surface area contributed by atoms with Crippen molar-refractivity contribution in [1.82, 2.24) is 0 Å². The summed E-state index contributed by atoms with van der Waals surface area (Å²) in [6.07, 6.45) is -1.12. The van der Waals surface area contributed by atoms with Crippen LogP contribution in [0.2, 0.25) is 0 Å². The zero-order chi connectivity index (χ0) is 21.2. The van der Waals surface area contributed by atoms with Crippen molar-refractivity contribution in [3.8, 4) is 5.75 Å². The largest absolute Gasteiger partial charge is 0.511 e. The highest BCUT2D eigenvalue weighted by atomic mass is 16.8. The van der Waals surface area contributed by atoms with E-state index in [1.165, 1.54) is 32.2 Å². The Kier molecular flexibility index (Phi) is 9.23. The number of carbonyl (C=O) groups excluding carboxylic acids is 3. The summed E-state index contributed by atoms with van der Waals surface area (Å²) in [6, 6.07) is 4.33. The molecule has 0 saturated carbocycles. The Balaban J connectivity index is 2.51. The van der Waals surface area contributed by atoms with Gasteiger partial charge in [-0.05, 0) is 39.0 Å². The van der Waals surface area contributed by atoms with Gasteiger partial charge in [0.2, 0.25) is 12.7 Å². The van der Waals surface area contributed by atoms with Gasteiger partial charge in [0.15, 0.2) is 0 Å². The first-order chi connectivity index (χ1) is 13.2. The van der Waals surface area contributed by atoms with Gasteiger partial charge in [-0.25, -0.2) is 9.59 Å². The van der Waals surface area contributed by atoms with Crippen LogP contribution in [0.15, 0.2) is 18.2 Å². The summed E-state index contributed by atoms with van der Waals surface area (Å²) in [5.41, 5.74) is 0.143. The number of benzene rings is 1. The van der Waals surface area contributed by atoms with Crippen LogP contribution in [0.25, 0.3) is 0 Å². The SMILES string of the molecule is CCOC(C)(C)CCOC(=O)OC(C)OC(=O)c1ccc(NC=O)c(OC)c1. The molecule has 156 valence electrons. The number of anilines is 1. The Bertz CT molecular complexity index is 674. The molecule has 0 aliphatic carbocycles.